The van der Waals surface area contributed by atoms with Gasteiger partial charge in [0.25, 0.3) is 5.91 Å². The van der Waals surface area contributed by atoms with Crippen LogP contribution in [0.25, 0.3) is 0 Å². The zero-order valence-corrected chi connectivity index (χ0v) is 13.2. The zero-order chi connectivity index (χ0) is 15.4. The summed E-state index contributed by atoms with van der Waals surface area (Å²) in [7, 11) is 4.19. The molecule has 1 amide bonds. The highest BCUT2D eigenvalue weighted by Gasteiger charge is 2.26. The van der Waals surface area contributed by atoms with Crippen molar-refractivity contribution in [2.24, 2.45) is 0 Å². The Morgan fingerprint density at radius 3 is 2.86 bits per heavy atom. The van der Waals surface area contributed by atoms with Crippen molar-refractivity contribution in [2.45, 2.75) is 25.8 Å². The van der Waals surface area contributed by atoms with Crippen molar-refractivity contribution in [3.8, 4) is 0 Å². The molecule has 1 saturated heterocycles. The first kappa shape index (κ1) is 15.6. The minimum absolute atomic E-state index is 0.0676. The van der Waals surface area contributed by atoms with Gasteiger partial charge in [-0.2, -0.15) is 0 Å². The number of hydrogen-bond acceptors (Lipinski definition) is 4. The number of nitrogens with two attached hydrogens (primary N) is 1. The molecule has 0 spiro atoms. The van der Waals surface area contributed by atoms with Crippen LogP contribution in [0, 0.1) is 0 Å². The quantitative estimate of drug-likeness (QED) is 0.808. The van der Waals surface area contributed by atoms with Crippen molar-refractivity contribution >= 4 is 17.3 Å². The Morgan fingerprint density at radius 2 is 2.24 bits per heavy atom. The molecular weight excluding hydrogens is 264 g/mol. The maximum Gasteiger partial charge on any atom is 0.251 e. The summed E-state index contributed by atoms with van der Waals surface area (Å²) in [6, 6.07) is 6.12. The molecule has 1 aliphatic heterocycles. The number of anilines is 2. The van der Waals surface area contributed by atoms with Crippen LogP contribution < -0.4 is 16.0 Å². The molecule has 1 aromatic rings. The second-order valence-corrected chi connectivity index (χ2v) is 5.88. The molecule has 0 aromatic heterocycles. The van der Waals surface area contributed by atoms with E-state index in [2.05, 4.69) is 29.2 Å². The minimum atomic E-state index is -0.0676. The van der Waals surface area contributed by atoms with Crippen LogP contribution in [0.15, 0.2) is 18.2 Å². The van der Waals surface area contributed by atoms with Crippen LogP contribution in [0.2, 0.25) is 0 Å². The lowest BCUT2D eigenvalue weighted by molar-refractivity contribution is 0.0956. The Morgan fingerprint density at radius 1 is 1.48 bits per heavy atom. The predicted octanol–water partition coefficient (Wildman–Crippen LogP) is 1.55. The van der Waals surface area contributed by atoms with Crippen molar-refractivity contribution in [1.29, 1.82) is 0 Å². The number of hydrogen-bond donors (Lipinski definition) is 2. The van der Waals surface area contributed by atoms with Crippen molar-refractivity contribution in [2.75, 3.05) is 44.4 Å². The van der Waals surface area contributed by atoms with Gasteiger partial charge in [-0.1, -0.05) is 0 Å². The summed E-state index contributed by atoms with van der Waals surface area (Å²) in [5.41, 5.74) is 8.55. The number of carbonyl (C=O) groups excluding carboxylic acids is 1. The third-order valence-electron chi connectivity index (χ3n) is 3.89. The molecule has 21 heavy (non-hydrogen) atoms. The molecule has 0 bridgehead atoms. The topological polar surface area (TPSA) is 61.6 Å². The first-order valence-electron chi connectivity index (χ1n) is 7.62. The molecule has 1 unspecified atom stereocenters. The third kappa shape index (κ3) is 3.67. The Labute approximate surface area is 127 Å². The lowest BCUT2D eigenvalue weighted by Gasteiger charge is -2.30. The van der Waals surface area contributed by atoms with Gasteiger partial charge in [0.15, 0.2) is 0 Å². The highest BCUT2D eigenvalue weighted by molar-refractivity contribution is 5.96. The number of nitrogen functional groups attached to an aromatic ring is 1. The summed E-state index contributed by atoms with van der Waals surface area (Å²) in [6.07, 6.45) is 2.38. The van der Waals surface area contributed by atoms with Crippen LogP contribution in [0.3, 0.4) is 0 Å². The monoisotopic (exact) mass is 290 g/mol. The highest BCUT2D eigenvalue weighted by Crippen LogP contribution is 2.31. The SMILES string of the molecule is CCNC(=O)c1ccc(N2CCCC2CN(C)C)c(N)c1. The van der Waals surface area contributed by atoms with E-state index in [1.165, 1.54) is 12.8 Å². The molecular formula is C16H26N4O. The van der Waals surface area contributed by atoms with Gasteiger partial charge >= 0.3 is 0 Å². The summed E-state index contributed by atoms with van der Waals surface area (Å²) >= 11 is 0. The summed E-state index contributed by atoms with van der Waals surface area (Å²) in [6.45, 7) is 4.59. The Hall–Kier alpha value is -1.75. The van der Waals surface area contributed by atoms with Gasteiger partial charge in [-0.05, 0) is 52.1 Å². The Kier molecular flexibility index (Phi) is 5.07. The smallest absolute Gasteiger partial charge is 0.251 e. The van der Waals surface area contributed by atoms with Crippen molar-refractivity contribution in [1.82, 2.24) is 10.2 Å². The normalized spacial score (nSPS) is 18.3. The number of amides is 1. The van der Waals surface area contributed by atoms with Crippen LogP contribution in [0.5, 0.6) is 0 Å². The fourth-order valence-corrected chi connectivity index (χ4v) is 2.98. The van der Waals surface area contributed by atoms with Gasteiger partial charge in [0.1, 0.15) is 0 Å². The number of nitrogens with one attached hydrogen (secondary N) is 1. The fourth-order valence-electron chi connectivity index (χ4n) is 2.98. The maximum atomic E-state index is 11.9. The lowest BCUT2D eigenvalue weighted by Crippen LogP contribution is -2.38. The van der Waals surface area contributed by atoms with Crippen molar-refractivity contribution < 1.29 is 4.79 Å². The van der Waals surface area contributed by atoms with Gasteiger partial charge in [0.2, 0.25) is 0 Å². The molecule has 0 radical (unpaired) electrons. The van der Waals surface area contributed by atoms with Crippen LogP contribution in [0.1, 0.15) is 30.1 Å². The van der Waals surface area contributed by atoms with Gasteiger partial charge in [0, 0.05) is 31.2 Å². The van der Waals surface area contributed by atoms with Crippen LogP contribution in [0.4, 0.5) is 11.4 Å². The van der Waals surface area contributed by atoms with Gasteiger partial charge in [-0.15, -0.1) is 0 Å². The maximum absolute atomic E-state index is 11.9. The van der Waals surface area contributed by atoms with Gasteiger partial charge in [-0.3, -0.25) is 4.79 Å². The number of rotatable bonds is 5. The number of benzene rings is 1. The van der Waals surface area contributed by atoms with Gasteiger partial charge in [-0.25, -0.2) is 0 Å². The minimum Gasteiger partial charge on any atom is -0.397 e. The van der Waals surface area contributed by atoms with E-state index in [0.29, 0.717) is 23.8 Å². The summed E-state index contributed by atoms with van der Waals surface area (Å²) in [5, 5.41) is 2.80. The lowest BCUT2D eigenvalue weighted by atomic mass is 10.1. The van der Waals surface area contributed by atoms with Gasteiger partial charge < -0.3 is 20.9 Å². The standard InChI is InChI=1S/C16H26N4O/c1-4-18-16(21)12-7-8-15(14(17)10-12)20-9-5-6-13(20)11-19(2)3/h7-8,10,13H,4-6,9,11,17H2,1-3H3,(H,18,21). The second kappa shape index (κ2) is 6.80. The molecule has 1 aromatic carbocycles. The van der Waals surface area contributed by atoms with E-state index in [9.17, 15) is 4.79 Å². The summed E-state index contributed by atoms with van der Waals surface area (Å²) in [4.78, 5) is 16.4. The summed E-state index contributed by atoms with van der Waals surface area (Å²) in [5.74, 6) is -0.0676. The number of likely N-dealkylation sites (N-methyl/N-ethyl adjacent to an activating group) is 1. The molecule has 1 aliphatic rings. The first-order valence-corrected chi connectivity index (χ1v) is 7.62. The molecule has 2 rings (SSSR count). The third-order valence-corrected chi connectivity index (χ3v) is 3.89. The average Bonchev–Trinajstić information content (AvgIpc) is 2.86. The van der Waals surface area contributed by atoms with Crippen LogP contribution >= 0.6 is 0 Å². The highest BCUT2D eigenvalue weighted by atomic mass is 16.1. The molecule has 5 nitrogen and oxygen atoms in total. The number of carbonyl (C=O) groups is 1. The molecule has 0 saturated carbocycles. The second-order valence-electron chi connectivity index (χ2n) is 5.88. The van der Waals surface area contributed by atoms with E-state index in [1.807, 2.05) is 19.1 Å². The molecule has 5 heteroatoms. The van der Waals surface area contributed by atoms with Crippen molar-refractivity contribution in [3.63, 3.8) is 0 Å². The summed E-state index contributed by atoms with van der Waals surface area (Å²) < 4.78 is 0. The molecule has 0 aliphatic carbocycles. The van der Waals surface area contributed by atoms with Crippen molar-refractivity contribution in [3.05, 3.63) is 23.8 Å². The largest absolute Gasteiger partial charge is 0.397 e. The molecule has 1 heterocycles. The Balaban J connectivity index is 2.18. The predicted molar refractivity (Wildman–Crippen MR) is 87.8 cm³/mol. The molecule has 1 fully saturated rings. The van der Waals surface area contributed by atoms with E-state index in [4.69, 9.17) is 5.73 Å². The Bertz CT molecular complexity index is 501. The molecule has 1 atom stereocenters. The first-order chi connectivity index (χ1) is 10.0. The van der Waals surface area contributed by atoms with E-state index in [0.717, 1.165) is 18.8 Å². The zero-order valence-electron chi connectivity index (χ0n) is 13.2. The van der Waals surface area contributed by atoms with Crippen LogP contribution in [-0.2, 0) is 0 Å². The van der Waals surface area contributed by atoms with Gasteiger partial charge in [0.05, 0.1) is 11.4 Å². The van der Waals surface area contributed by atoms with Crippen LogP contribution in [-0.4, -0.2) is 50.6 Å². The average molecular weight is 290 g/mol. The molecule has 3 N–H and O–H groups in total. The molecule has 116 valence electrons. The fraction of sp³-hybridized carbons (Fsp3) is 0.562. The van der Waals surface area contributed by atoms with E-state index in [1.54, 1.807) is 6.07 Å². The van der Waals surface area contributed by atoms with E-state index >= 15 is 0 Å². The number of nitrogens with zero attached hydrogens (tertiary/aromatic N) is 2. The van der Waals surface area contributed by atoms with E-state index in [-0.39, 0.29) is 5.91 Å². The van der Waals surface area contributed by atoms with E-state index < -0.39 is 0 Å².